The number of amides is 2. The summed E-state index contributed by atoms with van der Waals surface area (Å²) >= 11 is 0. The monoisotopic (exact) mass is 212 g/mol. The Morgan fingerprint density at radius 1 is 1.47 bits per heavy atom. The molecule has 0 saturated carbocycles. The van der Waals surface area contributed by atoms with Crippen molar-refractivity contribution < 1.29 is 19.1 Å². The fourth-order valence-electron chi connectivity index (χ4n) is 0.941. The van der Waals surface area contributed by atoms with Gasteiger partial charge in [0.05, 0.1) is 6.42 Å². The molecule has 0 aromatic carbocycles. The van der Waals surface area contributed by atoms with Gasteiger partial charge in [-0.1, -0.05) is 0 Å². The van der Waals surface area contributed by atoms with Crippen LogP contribution in [0, 0.1) is 6.92 Å². The van der Waals surface area contributed by atoms with Crippen LogP contribution >= 0.6 is 0 Å². The lowest BCUT2D eigenvalue weighted by Gasteiger charge is -2.03. The minimum atomic E-state index is -0.954. The summed E-state index contributed by atoms with van der Waals surface area (Å²) in [5.74, 6) is 0.0697. The van der Waals surface area contributed by atoms with Crippen molar-refractivity contribution in [2.45, 2.75) is 13.3 Å². The van der Waals surface area contributed by atoms with E-state index >= 15 is 0 Å². The van der Waals surface area contributed by atoms with Crippen LogP contribution in [0.1, 0.15) is 12.2 Å². The van der Waals surface area contributed by atoms with Crippen molar-refractivity contribution in [3.63, 3.8) is 0 Å². The fourth-order valence-corrected chi connectivity index (χ4v) is 0.941. The first-order valence-electron chi connectivity index (χ1n) is 4.41. The molecular formula is C9H12N2O4. The van der Waals surface area contributed by atoms with Crippen molar-refractivity contribution in [3.05, 3.63) is 17.9 Å². The first-order valence-corrected chi connectivity index (χ1v) is 4.41. The molecule has 0 unspecified atom stereocenters. The van der Waals surface area contributed by atoms with Crippen molar-refractivity contribution in [3.8, 4) is 0 Å². The predicted molar refractivity (Wildman–Crippen MR) is 52.7 cm³/mol. The van der Waals surface area contributed by atoms with Gasteiger partial charge in [0.2, 0.25) is 5.88 Å². The number of hydrogen-bond acceptors (Lipinski definition) is 3. The number of aliphatic carboxylic acids is 1. The number of hydrogen-bond donors (Lipinski definition) is 3. The van der Waals surface area contributed by atoms with Gasteiger partial charge in [-0.2, -0.15) is 0 Å². The van der Waals surface area contributed by atoms with Gasteiger partial charge in [0.1, 0.15) is 5.76 Å². The van der Waals surface area contributed by atoms with Crippen molar-refractivity contribution >= 4 is 17.9 Å². The molecule has 0 aliphatic rings. The molecule has 1 aromatic rings. The zero-order valence-electron chi connectivity index (χ0n) is 8.24. The molecule has 1 rings (SSSR count). The van der Waals surface area contributed by atoms with Crippen molar-refractivity contribution in [2.24, 2.45) is 0 Å². The number of anilines is 1. The third-order valence-electron chi connectivity index (χ3n) is 1.60. The lowest BCUT2D eigenvalue weighted by atomic mass is 10.4. The maximum absolute atomic E-state index is 11.1. The maximum atomic E-state index is 11.1. The van der Waals surface area contributed by atoms with E-state index < -0.39 is 12.0 Å². The largest absolute Gasteiger partial charge is 0.481 e. The zero-order valence-corrected chi connectivity index (χ0v) is 8.24. The Kier molecular flexibility index (Phi) is 3.73. The van der Waals surface area contributed by atoms with E-state index in [0.29, 0.717) is 11.6 Å². The highest BCUT2D eigenvalue weighted by atomic mass is 16.4. The standard InChI is InChI=1S/C9H12N2O4/c1-6-2-3-7(15-6)11-9(14)10-5-4-8(12)13/h2-3H,4-5H2,1H3,(H,12,13)(H2,10,11,14). The van der Waals surface area contributed by atoms with Crippen LogP contribution in [-0.2, 0) is 4.79 Å². The predicted octanol–water partition coefficient (Wildman–Crippen LogP) is 1.18. The number of carboxylic acid groups (broad SMARTS) is 1. The molecule has 1 heterocycles. The number of rotatable bonds is 4. The molecular weight excluding hydrogens is 200 g/mol. The molecule has 6 nitrogen and oxygen atoms in total. The Bertz CT molecular complexity index is 359. The van der Waals surface area contributed by atoms with E-state index in [1.807, 2.05) is 0 Å². The van der Waals surface area contributed by atoms with E-state index in [-0.39, 0.29) is 13.0 Å². The van der Waals surface area contributed by atoms with E-state index in [9.17, 15) is 9.59 Å². The highest BCUT2D eigenvalue weighted by Gasteiger charge is 2.04. The number of urea groups is 1. The van der Waals surface area contributed by atoms with E-state index in [0.717, 1.165) is 0 Å². The molecule has 0 spiro atoms. The summed E-state index contributed by atoms with van der Waals surface area (Å²) in [5, 5.41) is 13.1. The lowest BCUT2D eigenvalue weighted by molar-refractivity contribution is -0.136. The summed E-state index contributed by atoms with van der Waals surface area (Å²) in [4.78, 5) is 21.3. The normalized spacial score (nSPS) is 9.67. The number of carboxylic acids is 1. The first-order chi connectivity index (χ1) is 7.08. The minimum Gasteiger partial charge on any atom is -0.481 e. The van der Waals surface area contributed by atoms with Crippen LogP contribution in [-0.4, -0.2) is 23.7 Å². The lowest BCUT2D eigenvalue weighted by Crippen LogP contribution is -2.30. The van der Waals surface area contributed by atoms with Gasteiger partial charge in [-0.3, -0.25) is 10.1 Å². The molecule has 0 radical (unpaired) electrons. The summed E-state index contributed by atoms with van der Waals surface area (Å²) in [6, 6.07) is 2.85. The molecule has 6 heteroatoms. The molecule has 2 amide bonds. The zero-order chi connectivity index (χ0) is 11.3. The Labute approximate surface area is 86.3 Å². The minimum absolute atomic E-state index is 0.0842. The summed E-state index contributed by atoms with van der Waals surface area (Å²) < 4.78 is 5.09. The Morgan fingerprint density at radius 2 is 2.20 bits per heavy atom. The van der Waals surface area contributed by atoms with Gasteiger partial charge < -0.3 is 14.8 Å². The van der Waals surface area contributed by atoms with Gasteiger partial charge in [0.25, 0.3) is 0 Å². The Hall–Kier alpha value is -1.98. The smallest absolute Gasteiger partial charge is 0.321 e. The highest BCUT2D eigenvalue weighted by Crippen LogP contribution is 2.11. The molecule has 3 N–H and O–H groups in total. The van der Waals surface area contributed by atoms with Crippen LogP contribution < -0.4 is 10.6 Å². The van der Waals surface area contributed by atoms with Crippen molar-refractivity contribution in [1.29, 1.82) is 0 Å². The average Bonchev–Trinajstić information content (AvgIpc) is 2.50. The molecule has 0 fully saturated rings. The van der Waals surface area contributed by atoms with Gasteiger partial charge >= 0.3 is 12.0 Å². The van der Waals surface area contributed by atoms with Gasteiger partial charge in [-0.05, 0) is 13.0 Å². The van der Waals surface area contributed by atoms with Gasteiger partial charge in [-0.25, -0.2) is 4.79 Å². The molecule has 0 bridgehead atoms. The second-order valence-electron chi connectivity index (χ2n) is 2.93. The van der Waals surface area contributed by atoms with Crippen molar-refractivity contribution in [1.82, 2.24) is 5.32 Å². The average molecular weight is 212 g/mol. The van der Waals surface area contributed by atoms with Gasteiger partial charge in [-0.15, -0.1) is 0 Å². The van der Waals surface area contributed by atoms with Gasteiger partial charge in [0, 0.05) is 12.6 Å². The molecule has 0 aliphatic carbocycles. The number of aryl methyl sites for hydroxylation is 1. The van der Waals surface area contributed by atoms with E-state index in [1.165, 1.54) is 0 Å². The quantitative estimate of drug-likeness (QED) is 0.698. The van der Waals surface area contributed by atoms with E-state index in [2.05, 4.69) is 10.6 Å². The summed E-state index contributed by atoms with van der Waals surface area (Å²) in [5.41, 5.74) is 0. The third-order valence-corrected chi connectivity index (χ3v) is 1.60. The van der Waals surface area contributed by atoms with Gasteiger partial charge in [0.15, 0.2) is 0 Å². The Morgan fingerprint density at radius 3 is 2.73 bits per heavy atom. The van der Waals surface area contributed by atoms with Crippen LogP contribution in [0.25, 0.3) is 0 Å². The molecule has 1 aromatic heterocycles. The van der Waals surface area contributed by atoms with Crippen LogP contribution in [0.3, 0.4) is 0 Å². The molecule has 82 valence electrons. The first kappa shape index (κ1) is 11.1. The molecule has 0 atom stereocenters. The van der Waals surface area contributed by atoms with Crippen LogP contribution in [0.2, 0.25) is 0 Å². The second kappa shape index (κ2) is 5.04. The Balaban J connectivity index is 2.27. The summed E-state index contributed by atoms with van der Waals surface area (Å²) in [7, 11) is 0. The molecule has 0 saturated heterocycles. The summed E-state index contributed by atoms with van der Waals surface area (Å²) in [6.45, 7) is 1.84. The summed E-state index contributed by atoms with van der Waals surface area (Å²) in [6.07, 6.45) is -0.107. The maximum Gasteiger partial charge on any atom is 0.321 e. The molecule has 15 heavy (non-hydrogen) atoms. The van der Waals surface area contributed by atoms with Crippen molar-refractivity contribution in [2.75, 3.05) is 11.9 Å². The molecule has 0 aliphatic heterocycles. The topological polar surface area (TPSA) is 91.6 Å². The second-order valence-corrected chi connectivity index (χ2v) is 2.93. The van der Waals surface area contributed by atoms with Crippen LogP contribution in [0.15, 0.2) is 16.5 Å². The van der Waals surface area contributed by atoms with E-state index in [1.54, 1.807) is 19.1 Å². The van der Waals surface area contributed by atoms with E-state index in [4.69, 9.17) is 9.52 Å². The third kappa shape index (κ3) is 4.17. The number of carbonyl (C=O) groups excluding carboxylic acids is 1. The highest BCUT2D eigenvalue weighted by molar-refractivity contribution is 5.88. The number of carbonyl (C=O) groups is 2. The fraction of sp³-hybridized carbons (Fsp3) is 0.333. The van der Waals surface area contributed by atoms with Crippen LogP contribution in [0.5, 0.6) is 0 Å². The number of furan rings is 1. The van der Waals surface area contributed by atoms with Crippen LogP contribution in [0.4, 0.5) is 10.7 Å². The number of nitrogens with one attached hydrogen (secondary N) is 2. The SMILES string of the molecule is Cc1ccc(NC(=O)NCCC(=O)O)o1.